The number of aromatic nitrogens is 1. The van der Waals surface area contributed by atoms with Crippen molar-refractivity contribution in [1.29, 1.82) is 0 Å². The predicted octanol–water partition coefficient (Wildman–Crippen LogP) is 3.05. The topological polar surface area (TPSA) is 38.1 Å². The Balaban J connectivity index is 2.17. The molecule has 0 radical (unpaired) electrons. The first-order chi connectivity index (χ1) is 8.74. The summed E-state index contributed by atoms with van der Waals surface area (Å²) < 4.78 is 5.81. The van der Waals surface area contributed by atoms with Crippen LogP contribution in [0.1, 0.15) is 35.7 Å². The van der Waals surface area contributed by atoms with E-state index in [2.05, 4.69) is 36.3 Å². The maximum absolute atomic E-state index is 5.81. The Kier molecular flexibility index (Phi) is 4.15. The fraction of sp³-hybridized carbons (Fsp3) is 0.400. The molecule has 96 valence electrons. The number of nitrogens with zero attached hydrogens (tertiary/aromatic N) is 1. The van der Waals surface area contributed by atoms with E-state index in [0.29, 0.717) is 0 Å². The number of aryl methyl sites for hydroxylation is 2. The molecule has 2 rings (SSSR count). The third kappa shape index (κ3) is 2.79. The molecule has 3 nitrogen and oxygen atoms in total. The molecular formula is C15H20N2O. The van der Waals surface area contributed by atoms with Crippen LogP contribution in [0.25, 0.3) is 0 Å². The zero-order chi connectivity index (χ0) is 13.0. The first-order valence-electron chi connectivity index (χ1n) is 6.41. The van der Waals surface area contributed by atoms with E-state index in [4.69, 9.17) is 4.42 Å². The minimum Gasteiger partial charge on any atom is -0.464 e. The summed E-state index contributed by atoms with van der Waals surface area (Å²) in [6.07, 6.45) is 3.62. The molecule has 18 heavy (non-hydrogen) atoms. The smallest absolute Gasteiger partial charge is 0.121 e. The van der Waals surface area contributed by atoms with Crippen LogP contribution in [0.4, 0.5) is 0 Å². The number of hydrogen-bond donors (Lipinski definition) is 1. The molecule has 0 aromatic carbocycles. The number of nitrogens with one attached hydrogen (secondary N) is 1. The van der Waals surface area contributed by atoms with Gasteiger partial charge in [-0.2, -0.15) is 0 Å². The van der Waals surface area contributed by atoms with Gasteiger partial charge in [0.15, 0.2) is 0 Å². The molecule has 0 fully saturated rings. The Bertz CT molecular complexity index is 505. The first kappa shape index (κ1) is 12.8. The number of furan rings is 1. The zero-order valence-corrected chi connectivity index (χ0v) is 11.2. The number of pyridine rings is 1. The average Bonchev–Trinajstić information content (AvgIpc) is 2.86. The minimum absolute atomic E-state index is 0.180. The van der Waals surface area contributed by atoms with Crippen molar-refractivity contribution in [3.8, 4) is 0 Å². The highest BCUT2D eigenvalue weighted by atomic mass is 16.3. The van der Waals surface area contributed by atoms with Crippen molar-refractivity contribution in [2.24, 2.45) is 0 Å². The minimum atomic E-state index is 0.180. The predicted molar refractivity (Wildman–Crippen MR) is 72.6 cm³/mol. The lowest BCUT2D eigenvalue weighted by atomic mass is 10.1. The van der Waals surface area contributed by atoms with Gasteiger partial charge < -0.3 is 9.73 Å². The largest absolute Gasteiger partial charge is 0.464 e. The van der Waals surface area contributed by atoms with Crippen molar-refractivity contribution >= 4 is 0 Å². The number of likely N-dealkylation sites (N-methyl/N-ethyl adjacent to an activating group) is 1. The molecule has 1 N–H and O–H groups in total. The Morgan fingerprint density at radius 1 is 1.33 bits per heavy atom. The molecule has 0 aliphatic carbocycles. The van der Waals surface area contributed by atoms with E-state index in [9.17, 15) is 0 Å². The summed E-state index contributed by atoms with van der Waals surface area (Å²) in [7, 11) is 1.96. The van der Waals surface area contributed by atoms with Crippen LogP contribution in [0.15, 0.2) is 34.9 Å². The van der Waals surface area contributed by atoms with Crippen LogP contribution in [-0.4, -0.2) is 12.0 Å². The van der Waals surface area contributed by atoms with Crippen LogP contribution in [0.2, 0.25) is 0 Å². The molecular weight excluding hydrogens is 224 g/mol. The Morgan fingerprint density at radius 3 is 2.78 bits per heavy atom. The van der Waals surface area contributed by atoms with Crippen molar-refractivity contribution in [1.82, 2.24) is 10.3 Å². The van der Waals surface area contributed by atoms with Crippen LogP contribution in [-0.2, 0) is 12.8 Å². The van der Waals surface area contributed by atoms with Crippen LogP contribution < -0.4 is 5.32 Å². The Morgan fingerprint density at radius 2 is 2.17 bits per heavy atom. The van der Waals surface area contributed by atoms with Gasteiger partial charge in [0.25, 0.3) is 0 Å². The first-order valence-corrected chi connectivity index (χ1v) is 6.41. The second-order valence-electron chi connectivity index (χ2n) is 4.47. The molecule has 0 bridgehead atoms. The summed E-state index contributed by atoms with van der Waals surface area (Å²) in [5, 5.41) is 3.30. The van der Waals surface area contributed by atoms with Gasteiger partial charge in [-0.05, 0) is 37.7 Å². The second kappa shape index (κ2) is 5.83. The van der Waals surface area contributed by atoms with Crippen molar-refractivity contribution in [2.45, 2.75) is 32.7 Å². The summed E-state index contributed by atoms with van der Waals surface area (Å²) in [5.41, 5.74) is 2.34. The van der Waals surface area contributed by atoms with Gasteiger partial charge in [-0.15, -0.1) is 0 Å². The normalized spacial score (nSPS) is 12.6. The number of hydrogen-bond acceptors (Lipinski definition) is 3. The van der Waals surface area contributed by atoms with Crippen LogP contribution in [0, 0.1) is 6.92 Å². The highest BCUT2D eigenvalue weighted by Crippen LogP contribution is 2.21. The summed E-state index contributed by atoms with van der Waals surface area (Å²) in [6.45, 7) is 4.19. The summed E-state index contributed by atoms with van der Waals surface area (Å²) >= 11 is 0. The van der Waals surface area contributed by atoms with E-state index in [0.717, 1.165) is 30.1 Å². The highest BCUT2D eigenvalue weighted by Gasteiger charge is 2.15. The zero-order valence-electron chi connectivity index (χ0n) is 11.2. The standard InChI is InChI=1S/C15H20N2O/c1-4-12-7-8-15(18-12)14(16-3)10-13-11(2)6-5-9-17-13/h5-9,14,16H,4,10H2,1-3H3. The third-order valence-electron chi connectivity index (χ3n) is 3.24. The van der Waals surface area contributed by atoms with Crippen molar-refractivity contribution < 1.29 is 4.42 Å². The van der Waals surface area contributed by atoms with Gasteiger partial charge in [0.1, 0.15) is 11.5 Å². The molecule has 1 unspecified atom stereocenters. The van der Waals surface area contributed by atoms with Crippen molar-refractivity contribution in [3.63, 3.8) is 0 Å². The van der Waals surface area contributed by atoms with Gasteiger partial charge in [0.2, 0.25) is 0 Å². The molecule has 0 aliphatic rings. The average molecular weight is 244 g/mol. The van der Waals surface area contributed by atoms with Crippen LogP contribution in [0.5, 0.6) is 0 Å². The van der Waals surface area contributed by atoms with Gasteiger partial charge in [0.05, 0.1) is 6.04 Å². The number of rotatable bonds is 5. The third-order valence-corrected chi connectivity index (χ3v) is 3.24. The summed E-state index contributed by atoms with van der Waals surface area (Å²) in [6, 6.07) is 8.34. The maximum Gasteiger partial charge on any atom is 0.121 e. The lowest BCUT2D eigenvalue weighted by Gasteiger charge is -2.14. The van der Waals surface area contributed by atoms with Gasteiger partial charge in [-0.3, -0.25) is 4.98 Å². The van der Waals surface area contributed by atoms with Gasteiger partial charge in [-0.25, -0.2) is 0 Å². The van der Waals surface area contributed by atoms with Gasteiger partial charge >= 0.3 is 0 Å². The molecule has 2 aromatic rings. The molecule has 0 spiro atoms. The molecule has 0 aliphatic heterocycles. The summed E-state index contributed by atoms with van der Waals surface area (Å²) in [4.78, 5) is 4.44. The lowest BCUT2D eigenvalue weighted by Crippen LogP contribution is -2.19. The maximum atomic E-state index is 5.81. The lowest BCUT2D eigenvalue weighted by molar-refractivity contribution is 0.405. The van der Waals surface area contributed by atoms with Crippen LogP contribution >= 0.6 is 0 Å². The van der Waals surface area contributed by atoms with E-state index in [1.807, 2.05) is 25.4 Å². The molecule has 0 saturated heterocycles. The van der Waals surface area contributed by atoms with Gasteiger partial charge in [-0.1, -0.05) is 13.0 Å². The van der Waals surface area contributed by atoms with E-state index < -0.39 is 0 Å². The molecule has 1 atom stereocenters. The van der Waals surface area contributed by atoms with E-state index in [1.165, 1.54) is 5.56 Å². The van der Waals surface area contributed by atoms with E-state index in [1.54, 1.807) is 0 Å². The molecule has 0 amide bonds. The molecule has 0 saturated carbocycles. The molecule has 3 heteroatoms. The summed E-state index contributed by atoms with van der Waals surface area (Å²) in [5.74, 6) is 2.02. The van der Waals surface area contributed by atoms with Crippen molar-refractivity contribution in [3.05, 3.63) is 53.2 Å². The van der Waals surface area contributed by atoms with Gasteiger partial charge in [0, 0.05) is 24.7 Å². The van der Waals surface area contributed by atoms with Crippen LogP contribution in [0.3, 0.4) is 0 Å². The fourth-order valence-corrected chi connectivity index (χ4v) is 2.04. The monoisotopic (exact) mass is 244 g/mol. The quantitative estimate of drug-likeness (QED) is 0.878. The van der Waals surface area contributed by atoms with E-state index >= 15 is 0 Å². The fourth-order valence-electron chi connectivity index (χ4n) is 2.04. The SMILES string of the molecule is CCc1ccc(C(Cc2ncccc2C)NC)o1. The Labute approximate surface area is 108 Å². The molecule has 2 heterocycles. The Hall–Kier alpha value is -1.61. The van der Waals surface area contributed by atoms with Crippen molar-refractivity contribution in [2.75, 3.05) is 7.05 Å². The molecule has 2 aromatic heterocycles. The second-order valence-corrected chi connectivity index (χ2v) is 4.47. The highest BCUT2D eigenvalue weighted by molar-refractivity contribution is 5.21. The van der Waals surface area contributed by atoms with E-state index in [-0.39, 0.29) is 6.04 Å².